The molecule has 1 atom stereocenters. The number of rotatable bonds is 3. The minimum atomic E-state index is -0.961. The van der Waals surface area contributed by atoms with Gasteiger partial charge < -0.3 is 9.47 Å². The zero-order chi connectivity index (χ0) is 13.1. The van der Waals surface area contributed by atoms with Gasteiger partial charge in [0, 0.05) is 11.1 Å². The molecule has 0 amide bonds. The van der Waals surface area contributed by atoms with Gasteiger partial charge in [0.15, 0.2) is 0 Å². The normalized spacial score (nSPS) is 17.2. The van der Waals surface area contributed by atoms with Crippen LogP contribution in [-0.4, -0.2) is 25.0 Å². The van der Waals surface area contributed by atoms with Crippen molar-refractivity contribution in [2.75, 3.05) is 6.61 Å². The van der Waals surface area contributed by atoms with E-state index in [0.29, 0.717) is 12.0 Å². The topological polar surface area (TPSA) is 52.6 Å². The highest BCUT2D eigenvalue weighted by Gasteiger charge is 2.30. The summed E-state index contributed by atoms with van der Waals surface area (Å²) in [7, 11) is 0. The van der Waals surface area contributed by atoms with Gasteiger partial charge in [-0.05, 0) is 31.6 Å². The number of benzene rings is 1. The third-order valence-corrected chi connectivity index (χ3v) is 2.78. The Morgan fingerprint density at radius 1 is 1.50 bits per heavy atom. The first-order valence-electron chi connectivity index (χ1n) is 5.77. The lowest BCUT2D eigenvalue weighted by Crippen LogP contribution is -2.34. The fraction of sp³-hybridized carbons (Fsp3) is 0.286. The number of aldehydes is 1. The van der Waals surface area contributed by atoms with Crippen molar-refractivity contribution in [2.24, 2.45) is 0 Å². The molecule has 94 valence electrons. The van der Waals surface area contributed by atoms with Crippen molar-refractivity contribution in [1.29, 1.82) is 0 Å². The van der Waals surface area contributed by atoms with Gasteiger partial charge in [0.2, 0.25) is 6.10 Å². The number of aryl methyl sites for hydroxylation is 1. The van der Waals surface area contributed by atoms with Crippen LogP contribution >= 0.6 is 0 Å². The van der Waals surface area contributed by atoms with Crippen LogP contribution in [0.25, 0.3) is 6.08 Å². The van der Waals surface area contributed by atoms with Crippen molar-refractivity contribution in [1.82, 2.24) is 0 Å². The molecule has 1 heterocycles. The van der Waals surface area contributed by atoms with Gasteiger partial charge >= 0.3 is 5.97 Å². The molecule has 2 rings (SSSR count). The van der Waals surface area contributed by atoms with Gasteiger partial charge in [0.25, 0.3) is 0 Å². The summed E-state index contributed by atoms with van der Waals surface area (Å²) in [4.78, 5) is 22.8. The first kappa shape index (κ1) is 12.4. The van der Waals surface area contributed by atoms with Gasteiger partial charge in [-0.25, -0.2) is 4.79 Å². The van der Waals surface area contributed by atoms with Crippen LogP contribution in [0.4, 0.5) is 0 Å². The largest absolute Gasteiger partial charge is 0.473 e. The lowest BCUT2D eigenvalue weighted by molar-refractivity contribution is -0.150. The number of hydrogen-bond acceptors (Lipinski definition) is 4. The highest BCUT2D eigenvalue weighted by atomic mass is 16.6. The fourth-order valence-electron chi connectivity index (χ4n) is 1.88. The van der Waals surface area contributed by atoms with Crippen LogP contribution in [-0.2, 0) is 14.3 Å². The predicted octanol–water partition coefficient (Wildman–Crippen LogP) is 1.90. The Bertz CT molecular complexity index is 517. The second-order valence-electron chi connectivity index (χ2n) is 4.00. The SMILES string of the molecule is CCOC(=O)[C@H]1Oc2cccc(C)c2C=C1C=O. The Labute approximate surface area is 105 Å². The van der Waals surface area contributed by atoms with Gasteiger partial charge in [-0.1, -0.05) is 12.1 Å². The molecule has 1 aromatic carbocycles. The molecule has 4 heteroatoms. The van der Waals surface area contributed by atoms with Gasteiger partial charge in [-0.2, -0.15) is 0 Å². The van der Waals surface area contributed by atoms with Crippen LogP contribution in [0.2, 0.25) is 0 Å². The Hall–Kier alpha value is -2.10. The Morgan fingerprint density at radius 3 is 2.94 bits per heavy atom. The van der Waals surface area contributed by atoms with Crippen LogP contribution in [0.1, 0.15) is 18.1 Å². The van der Waals surface area contributed by atoms with E-state index in [1.807, 2.05) is 19.1 Å². The first-order valence-corrected chi connectivity index (χ1v) is 5.77. The van der Waals surface area contributed by atoms with Gasteiger partial charge in [-0.15, -0.1) is 0 Å². The summed E-state index contributed by atoms with van der Waals surface area (Å²) in [6.45, 7) is 3.89. The van der Waals surface area contributed by atoms with E-state index in [4.69, 9.17) is 9.47 Å². The average molecular weight is 246 g/mol. The Morgan fingerprint density at radius 2 is 2.28 bits per heavy atom. The maximum atomic E-state index is 11.7. The molecule has 1 aliphatic heterocycles. The van der Waals surface area contributed by atoms with Crippen molar-refractivity contribution in [2.45, 2.75) is 20.0 Å². The van der Waals surface area contributed by atoms with Crippen LogP contribution in [0.5, 0.6) is 5.75 Å². The first-order chi connectivity index (χ1) is 8.67. The zero-order valence-corrected chi connectivity index (χ0v) is 10.3. The van der Waals surface area contributed by atoms with Crippen molar-refractivity contribution < 1.29 is 19.1 Å². The average Bonchev–Trinajstić information content (AvgIpc) is 2.38. The van der Waals surface area contributed by atoms with Crippen molar-refractivity contribution in [3.63, 3.8) is 0 Å². The monoisotopic (exact) mass is 246 g/mol. The van der Waals surface area contributed by atoms with E-state index in [2.05, 4.69) is 0 Å². The molecule has 1 aliphatic rings. The lowest BCUT2D eigenvalue weighted by atomic mass is 9.99. The number of hydrogen-bond donors (Lipinski definition) is 0. The third-order valence-electron chi connectivity index (χ3n) is 2.78. The van der Waals surface area contributed by atoms with Gasteiger partial charge in [0.05, 0.1) is 6.61 Å². The van der Waals surface area contributed by atoms with E-state index in [1.54, 1.807) is 19.1 Å². The van der Waals surface area contributed by atoms with Gasteiger partial charge in [0.1, 0.15) is 12.0 Å². The Balaban J connectivity index is 2.40. The van der Waals surface area contributed by atoms with E-state index in [-0.39, 0.29) is 12.2 Å². The number of carbonyl (C=O) groups is 2. The van der Waals surface area contributed by atoms with E-state index in [0.717, 1.165) is 11.1 Å². The second kappa shape index (κ2) is 5.04. The number of fused-ring (bicyclic) bond motifs is 1. The van der Waals surface area contributed by atoms with E-state index < -0.39 is 12.1 Å². The summed E-state index contributed by atoms with van der Waals surface area (Å²) in [5, 5.41) is 0. The van der Waals surface area contributed by atoms with Crippen LogP contribution in [0, 0.1) is 6.92 Å². The molecule has 0 unspecified atom stereocenters. The molecule has 0 spiro atoms. The molecule has 0 radical (unpaired) electrons. The van der Waals surface area contributed by atoms with Crippen LogP contribution in [0.3, 0.4) is 0 Å². The minimum absolute atomic E-state index is 0.255. The molecule has 0 N–H and O–H groups in total. The standard InChI is InChI=1S/C14H14O4/c1-3-17-14(16)13-10(8-15)7-11-9(2)5-4-6-12(11)18-13/h4-8,13H,3H2,1-2H3/t13-/m0/s1. The fourth-order valence-corrected chi connectivity index (χ4v) is 1.88. The zero-order valence-electron chi connectivity index (χ0n) is 10.3. The molecule has 0 saturated heterocycles. The Kier molecular flexibility index (Phi) is 3.46. The summed E-state index contributed by atoms with van der Waals surface area (Å²) in [6.07, 6.45) is 1.36. The summed E-state index contributed by atoms with van der Waals surface area (Å²) >= 11 is 0. The smallest absolute Gasteiger partial charge is 0.352 e. The van der Waals surface area contributed by atoms with E-state index in [1.165, 1.54) is 0 Å². The van der Waals surface area contributed by atoms with Crippen LogP contribution in [0.15, 0.2) is 23.8 Å². The van der Waals surface area contributed by atoms with E-state index >= 15 is 0 Å². The quantitative estimate of drug-likeness (QED) is 0.603. The molecule has 4 nitrogen and oxygen atoms in total. The summed E-state index contributed by atoms with van der Waals surface area (Å²) in [5.41, 5.74) is 2.12. The maximum absolute atomic E-state index is 11.7. The highest BCUT2D eigenvalue weighted by molar-refractivity contribution is 5.95. The third kappa shape index (κ3) is 2.14. The van der Waals surface area contributed by atoms with E-state index in [9.17, 15) is 9.59 Å². The summed E-state index contributed by atoms with van der Waals surface area (Å²) in [6, 6.07) is 5.54. The highest BCUT2D eigenvalue weighted by Crippen LogP contribution is 2.31. The molecular formula is C14H14O4. The second-order valence-corrected chi connectivity index (χ2v) is 4.00. The van der Waals surface area contributed by atoms with Crippen molar-refractivity contribution in [3.05, 3.63) is 34.9 Å². The molecule has 1 aromatic rings. The number of esters is 1. The molecule has 0 bridgehead atoms. The van der Waals surface area contributed by atoms with Crippen molar-refractivity contribution >= 4 is 18.3 Å². The number of ether oxygens (including phenoxy) is 2. The van der Waals surface area contributed by atoms with Gasteiger partial charge in [-0.3, -0.25) is 4.79 Å². The number of carbonyl (C=O) groups excluding carboxylic acids is 2. The molecule has 0 aromatic heterocycles. The summed E-state index contributed by atoms with van der Waals surface area (Å²) < 4.78 is 10.5. The summed E-state index contributed by atoms with van der Waals surface area (Å²) in [5.74, 6) is 0.0571. The molecule has 0 aliphatic carbocycles. The molecule has 18 heavy (non-hydrogen) atoms. The minimum Gasteiger partial charge on any atom is -0.473 e. The maximum Gasteiger partial charge on any atom is 0.352 e. The molecular weight excluding hydrogens is 232 g/mol. The molecule has 0 saturated carbocycles. The lowest BCUT2D eigenvalue weighted by Gasteiger charge is -2.24. The predicted molar refractivity (Wildman–Crippen MR) is 66.3 cm³/mol. The molecule has 0 fully saturated rings. The van der Waals surface area contributed by atoms with Crippen molar-refractivity contribution in [3.8, 4) is 5.75 Å². The van der Waals surface area contributed by atoms with Crippen LogP contribution < -0.4 is 4.74 Å².